The van der Waals surface area contributed by atoms with Crippen LogP contribution >= 0.6 is 15.9 Å². The highest BCUT2D eigenvalue weighted by molar-refractivity contribution is 9.09. The summed E-state index contributed by atoms with van der Waals surface area (Å²) in [5.41, 5.74) is 0. The van der Waals surface area contributed by atoms with E-state index in [9.17, 15) is 4.79 Å². The Kier molecular flexibility index (Phi) is 9.17. The topological polar surface area (TPSA) is 29.1 Å². The third-order valence-corrected chi connectivity index (χ3v) is 3.56. The molecule has 0 aliphatic rings. The van der Waals surface area contributed by atoms with Gasteiger partial charge in [0.05, 0.1) is 0 Å². The maximum absolute atomic E-state index is 11.8. The number of halogens is 1. The van der Waals surface area contributed by atoms with Crippen LogP contribution in [0.5, 0.6) is 0 Å². The van der Waals surface area contributed by atoms with Gasteiger partial charge in [0.2, 0.25) is 5.91 Å². The third-order valence-electron chi connectivity index (χ3n) is 2.59. The second-order valence-corrected chi connectivity index (χ2v) is 5.32. The Hall–Kier alpha value is -0.0500. The lowest BCUT2D eigenvalue weighted by molar-refractivity contribution is -0.125. The number of hydrogen-bond donors (Lipinski definition) is 1. The fourth-order valence-corrected chi connectivity index (χ4v) is 1.77. The van der Waals surface area contributed by atoms with Crippen LogP contribution in [0.1, 0.15) is 52.9 Å². The zero-order valence-corrected chi connectivity index (χ0v) is 11.8. The van der Waals surface area contributed by atoms with E-state index < -0.39 is 0 Å². The van der Waals surface area contributed by atoms with Crippen molar-refractivity contribution < 1.29 is 4.79 Å². The van der Waals surface area contributed by atoms with Crippen molar-refractivity contribution in [2.45, 2.75) is 57.7 Å². The molecule has 0 aliphatic carbocycles. The summed E-state index contributed by atoms with van der Waals surface area (Å²) < 4.78 is 0. The number of rotatable bonds is 8. The monoisotopic (exact) mass is 277 g/mol. The SMILES string of the molecule is CCCC(CCC)C(=O)NCC(Br)CC. The normalized spacial score (nSPS) is 12.9. The number of carbonyl (C=O) groups excluding carboxylic acids is 1. The van der Waals surface area contributed by atoms with Crippen LogP contribution in [0.25, 0.3) is 0 Å². The zero-order valence-electron chi connectivity index (χ0n) is 10.2. The molecule has 0 saturated carbocycles. The van der Waals surface area contributed by atoms with Gasteiger partial charge in [-0.15, -0.1) is 0 Å². The Bertz CT molecular complexity index is 167. The summed E-state index contributed by atoms with van der Waals surface area (Å²) in [5.74, 6) is 0.452. The Morgan fingerprint density at radius 2 is 1.73 bits per heavy atom. The van der Waals surface area contributed by atoms with Crippen LogP contribution in [-0.2, 0) is 4.79 Å². The van der Waals surface area contributed by atoms with Crippen molar-refractivity contribution in [3.63, 3.8) is 0 Å². The minimum Gasteiger partial charge on any atom is -0.355 e. The van der Waals surface area contributed by atoms with Gasteiger partial charge >= 0.3 is 0 Å². The van der Waals surface area contributed by atoms with Crippen LogP contribution in [0.2, 0.25) is 0 Å². The fraction of sp³-hybridized carbons (Fsp3) is 0.917. The molecule has 15 heavy (non-hydrogen) atoms. The molecule has 0 bridgehead atoms. The molecule has 0 radical (unpaired) electrons. The highest BCUT2D eigenvalue weighted by atomic mass is 79.9. The van der Waals surface area contributed by atoms with Gasteiger partial charge in [0.15, 0.2) is 0 Å². The molecule has 0 spiro atoms. The molecule has 90 valence electrons. The molecule has 0 heterocycles. The van der Waals surface area contributed by atoms with Crippen LogP contribution in [-0.4, -0.2) is 17.3 Å². The molecular weight excluding hydrogens is 254 g/mol. The Morgan fingerprint density at radius 3 is 2.13 bits per heavy atom. The Morgan fingerprint density at radius 1 is 1.20 bits per heavy atom. The highest BCUT2D eigenvalue weighted by Crippen LogP contribution is 2.13. The van der Waals surface area contributed by atoms with Gasteiger partial charge in [-0.05, 0) is 19.3 Å². The van der Waals surface area contributed by atoms with Crippen LogP contribution < -0.4 is 5.32 Å². The minimum absolute atomic E-state index is 0.219. The van der Waals surface area contributed by atoms with Crippen molar-refractivity contribution in [3.8, 4) is 0 Å². The molecule has 1 unspecified atom stereocenters. The molecule has 0 rings (SSSR count). The Labute approximate surface area is 102 Å². The van der Waals surface area contributed by atoms with E-state index in [0.29, 0.717) is 4.83 Å². The first-order valence-electron chi connectivity index (χ1n) is 6.07. The molecule has 1 amide bonds. The second-order valence-electron chi connectivity index (χ2n) is 4.02. The first-order valence-corrected chi connectivity index (χ1v) is 6.98. The highest BCUT2D eigenvalue weighted by Gasteiger charge is 2.16. The van der Waals surface area contributed by atoms with Gasteiger partial charge in [-0.25, -0.2) is 0 Å². The van der Waals surface area contributed by atoms with Gasteiger partial charge in [-0.1, -0.05) is 49.5 Å². The van der Waals surface area contributed by atoms with Crippen molar-refractivity contribution in [1.82, 2.24) is 5.32 Å². The average Bonchev–Trinajstić information content (AvgIpc) is 2.25. The third kappa shape index (κ3) is 6.93. The number of carbonyl (C=O) groups is 1. The van der Waals surface area contributed by atoms with E-state index in [1.165, 1.54) is 0 Å². The van der Waals surface area contributed by atoms with Gasteiger partial charge in [0, 0.05) is 17.3 Å². The van der Waals surface area contributed by atoms with Crippen molar-refractivity contribution in [1.29, 1.82) is 0 Å². The van der Waals surface area contributed by atoms with Gasteiger partial charge in [-0.3, -0.25) is 4.79 Å². The van der Waals surface area contributed by atoms with Gasteiger partial charge in [0.25, 0.3) is 0 Å². The molecule has 2 nitrogen and oxygen atoms in total. The number of hydrogen-bond acceptors (Lipinski definition) is 1. The molecule has 0 aromatic heterocycles. The second kappa shape index (κ2) is 9.20. The molecular formula is C12H24BrNO. The number of nitrogens with one attached hydrogen (secondary N) is 1. The van der Waals surface area contributed by atoms with Crippen molar-refractivity contribution >= 4 is 21.8 Å². The fourth-order valence-electron chi connectivity index (χ4n) is 1.60. The van der Waals surface area contributed by atoms with E-state index in [2.05, 4.69) is 42.0 Å². The van der Waals surface area contributed by atoms with Crippen molar-refractivity contribution in [3.05, 3.63) is 0 Å². The first-order chi connectivity index (χ1) is 7.15. The molecule has 0 aromatic carbocycles. The lowest BCUT2D eigenvalue weighted by atomic mass is 9.97. The van der Waals surface area contributed by atoms with Crippen LogP contribution in [0.15, 0.2) is 0 Å². The van der Waals surface area contributed by atoms with E-state index in [4.69, 9.17) is 0 Å². The largest absolute Gasteiger partial charge is 0.355 e. The summed E-state index contributed by atoms with van der Waals surface area (Å²) in [6.45, 7) is 7.13. The summed E-state index contributed by atoms with van der Waals surface area (Å²) in [6.07, 6.45) is 5.25. The van der Waals surface area contributed by atoms with Crippen LogP contribution in [0.3, 0.4) is 0 Å². The van der Waals surface area contributed by atoms with Crippen LogP contribution in [0, 0.1) is 5.92 Å². The lowest BCUT2D eigenvalue weighted by Crippen LogP contribution is -2.34. The molecule has 0 aliphatic heterocycles. The zero-order chi connectivity index (χ0) is 11.7. The molecule has 0 fully saturated rings. The van der Waals surface area contributed by atoms with Crippen molar-refractivity contribution in [2.24, 2.45) is 5.92 Å². The first kappa shape index (κ1) is 14.9. The predicted octanol–water partition coefficient (Wildman–Crippen LogP) is 3.49. The number of amides is 1. The Balaban J connectivity index is 3.90. The van der Waals surface area contributed by atoms with Gasteiger partial charge in [-0.2, -0.15) is 0 Å². The lowest BCUT2D eigenvalue weighted by Gasteiger charge is -2.16. The number of alkyl halides is 1. The maximum Gasteiger partial charge on any atom is 0.223 e. The predicted molar refractivity (Wildman–Crippen MR) is 69.3 cm³/mol. The summed E-state index contributed by atoms with van der Waals surface area (Å²) in [7, 11) is 0. The van der Waals surface area contributed by atoms with E-state index >= 15 is 0 Å². The van der Waals surface area contributed by atoms with Crippen LogP contribution in [0.4, 0.5) is 0 Å². The quantitative estimate of drug-likeness (QED) is 0.676. The smallest absolute Gasteiger partial charge is 0.223 e. The maximum atomic E-state index is 11.8. The summed E-state index contributed by atoms with van der Waals surface area (Å²) in [6, 6.07) is 0. The summed E-state index contributed by atoms with van der Waals surface area (Å²) >= 11 is 3.52. The van der Waals surface area contributed by atoms with Gasteiger partial charge in [0.1, 0.15) is 0 Å². The molecule has 3 heteroatoms. The standard InChI is InChI=1S/C12H24BrNO/c1-4-7-10(8-5-2)12(15)14-9-11(13)6-3/h10-11H,4-9H2,1-3H3,(H,14,15). The van der Waals surface area contributed by atoms with E-state index in [0.717, 1.165) is 38.6 Å². The molecule has 0 saturated heterocycles. The van der Waals surface area contributed by atoms with E-state index in [1.807, 2.05) is 0 Å². The molecule has 1 N–H and O–H groups in total. The summed E-state index contributed by atoms with van der Waals surface area (Å²) in [4.78, 5) is 12.2. The van der Waals surface area contributed by atoms with E-state index in [-0.39, 0.29) is 11.8 Å². The van der Waals surface area contributed by atoms with Gasteiger partial charge < -0.3 is 5.32 Å². The molecule has 1 atom stereocenters. The molecule has 0 aromatic rings. The minimum atomic E-state index is 0.219. The van der Waals surface area contributed by atoms with Crippen molar-refractivity contribution in [2.75, 3.05) is 6.54 Å². The summed E-state index contributed by atoms with van der Waals surface area (Å²) in [5, 5.41) is 3.02. The average molecular weight is 278 g/mol. The van der Waals surface area contributed by atoms with E-state index in [1.54, 1.807) is 0 Å².